The lowest BCUT2D eigenvalue weighted by atomic mass is 10.1. The number of hydrogen-bond donors (Lipinski definition) is 1. The van der Waals surface area contributed by atoms with Gasteiger partial charge in [-0.3, -0.25) is 9.69 Å². The van der Waals surface area contributed by atoms with Crippen LogP contribution in [-0.4, -0.2) is 65.9 Å². The maximum Gasteiger partial charge on any atom is 0.418 e. The summed E-state index contributed by atoms with van der Waals surface area (Å²) in [6.45, 7) is 3.91. The standard InChI is InChI=1S/C30H33F3N4O2/c31-30(32,33)26-13-7-8-14-27(26)34-29(39)37(17-15-24-9-3-1-4-10-24)18-16-28(38)36-21-19-35(20-22-36)23-25-11-5-2-6-12-25/h1-14H,15-23H2,(H,34,39). The van der Waals surface area contributed by atoms with E-state index in [9.17, 15) is 22.8 Å². The molecule has 39 heavy (non-hydrogen) atoms. The second kappa shape index (κ2) is 13.3. The lowest BCUT2D eigenvalue weighted by Gasteiger charge is -2.35. The summed E-state index contributed by atoms with van der Waals surface area (Å²) in [5.74, 6) is -0.0671. The van der Waals surface area contributed by atoms with Crippen molar-refractivity contribution in [3.63, 3.8) is 0 Å². The molecule has 9 heteroatoms. The average molecular weight is 539 g/mol. The second-order valence-corrected chi connectivity index (χ2v) is 9.59. The Bertz CT molecular complexity index is 1210. The monoisotopic (exact) mass is 538 g/mol. The van der Waals surface area contributed by atoms with Crippen LogP contribution in [0.2, 0.25) is 0 Å². The Labute approximate surface area is 227 Å². The quantitative estimate of drug-likeness (QED) is 0.391. The van der Waals surface area contributed by atoms with Gasteiger partial charge in [0.05, 0.1) is 11.3 Å². The minimum absolute atomic E-state index is 0.0671. The maximum atomic E-state index is 13.5. The number of nitrogens with one attached hydrogen (secondary N) is 1. The van der Waals surface area contributed by atoms with E-state index in [4.69, 9.17) is 0 Å². The molecule has 0 aliphatic carbocycles. The van der Waals surface area contributed by atoms with Gasteiger partial charge in [-0.15, -0.1) is 0 Å². The molecule has 0 unspecified atom stereocenters. The van der Waals surface area contributed by atoms with E-state index in [1.165, 1.54) is 28.7 Å². The molecule has 0 radical (unpaired) electrons. The van der Waals surface area contributed by atoms with Crippen LogP contribution in [0.25, 0.3) is 0 Å². The predicted molar refractivity (Wildman–Crippen MR) is 145 cm³/mol. The second-order valence-electron chi connectivity index (χ2n) is 9.59. The maximum absolute atomic E-state index is 13.5. The smallest absolute Gasteiger partial charge is 0.340 e. The summed E-state index contributed by atoms with van der Waals surface area (Å²) in [4.78, 5) is 31.7. The van der Waals surface area contributed by atoms with E-state index in [0.29, 0.717) is 19.5 Å². The van der Waals surface area contributed by atoms with Gasteiger partial charge in [-0.2, -0.15) is 13.2 Å². The number of benzene rings is 3. The van der Waals surface area contributed by atoms with Gasteiger partial charge in [-0.05, 0) is 29.7 Å². The van der Waals surface area contributed by atoms with Crippen molar-refractivity contribution in [3.05, 3.63) is 102 Å². The van der Waals surface area contributed by atoms with Crippen LogP contribution < -0.4 is 5.32 Å². The molecule has 0 atom stereocenters. The third kappa shape index (κ3) is 8.32. The molecular weight excluding hydrogens is 505 g/mol. The van der Waals surface area contributed by atoms with E-state index >= 15 is 0 Å². The van der Waals surface area contributed by atoms with Crippen molar-refractivity contribution in [2.45, 2.75) is 25.6 Å². The normalized spacial score (nSPS) is 14.2. The molecule has 206 valence electrons. The summed E-state index contributed by atoms with van der Waals surface area (Å²) in [6.07, 6.45) is -3.99. The fraction of sp³-hybridized carbons (Fsp3) is 0.333. The lowest BCUT2D eigenvalue weighted by molar-refractivity contribution is -0.137. The molecule has 1 N–H and O–H groups in total. The first kappa shape index (κ1) is 28.2. The molecular formula is C30H33F3N4O2. The number of hydrogen-bond acceptors (Lipinski definition) is 3. The Morgan fingerprint density at radius 1 is 0.769 bits per heavy atom. The third-order valence-electron chi connectivity index (χ3n) is 6.84. The topological polar surface area (TPSA) is 55.9 Å². The molecule has 4 rings (SSSR count). The van der Waals surface area contributed by atoms with Gasteiger partial charge in [0.1, 0.15) is 0 Å². The zero-order valence-corrected chi connectivity index (χ0v) is 21.7. The number of para-hydroxylation sites is 1. The molecule has 0 spiro atoms. The largest absolute Gasteiger partial charge is 0.418 e. The molecule has 3 amide bonds. The Morgan fingerprint density at radius 2 is 1.36 bits per heavy atom. The first-order valence-corrected chi connectivity index (χ1v) is 13.1. The van der Waals surface area contributed by atoms with Gasteiger partial charge in [0.2, 0.25) is 5.91 Å². The van der Waals surface area contributed by atoms with E-state index in [2.05, 4.69) is 22.3 Å². The molecule has 0 aromatic heterocycles. The minimum atomic E-state index is -4.60. The van der Waals surface area contributed by atoms with Gasteiger partial charge in [-0.1, -0.05) is 72.8 Å². The minimum Gasteiger partial charge on any atom is -0.340 e. The van der Waals surface area contributed by atoms with E-state index in [1.54, 1.807) is 4.90 Å². The SMILES string of the molecule is O=C(CCN(CCc1ccccc1)C(=O)Nc1ccccc1C(F)(F)F)N1CCN(Cc2ccccc2)CC1. The average Bonchev–Trinajstić information content (AvgIpc) is 2.94. The van der Waals surface area contributed by atoms with Crippen molar-refractivity contribution >= 4 is 17.6 Å². The van der Waals surface area contributed by atoms with Crippen molar-refractivity contribution in [1.29, 1.82) is 0 Å². The molecule has 6 nitrogen and oxygen atoms in total. The van der Waals surface area contributed by atoms with E-state index in [0.717, 1.165) is 31.3 Å². The number of carbonyl (C=O) groups is 2. The van der Waals surface area contributed by atoms with Crippen LogP contribution in [0.1, 0.15) is 23.1 Å². The summed E-state index contributed by atoms with van der Waals surface area (Å²) in [5, 5.41) is 2.42. The third-order valence-corrected chi connectivity index (χ3v) is 6.84. The first-order chi connectivity index (χ1) is 18.8. The highest BCUT2D eigenvalue weighted by Crippen LogP contribution is 2.34. The van der Waals surface area contributed by atoms with E-state index in [-0.39, 0.29) is 31.1 Å². The van der Waals surface area contributed by atoms with Crippen molar-refractivity contribution in [1.82, 2.24) is 14.7 Å². The zero-order chi connectivity index (χ0) is 27.7. The molecule has 1 heterocycles. The van der Waals surface area contributed by atoms with Crippen LogP contribution in [0.4, 0.5) is 23.7 Å². The van der Waals surface area contributed by atoms with E-state index in [1.807, 2.05) is 48.5 Å². The van der Waals surface area contributed by atoms with Crippen molar-refractivity contribution in [2.24, 2.45) is 0 Å². The van der Waals surface area contributed by atoms with Gasteiger partial charge in [0, 0.05) is 52.2 Å². The van der Waals surface area contributed by atoms with Crippen molar-refractivity contribution < 1.29 is 22.8 Å². The number of rotatable bonds is 9. The highest BCUT2D eigenvalue weighted by molar-refractivity contribution is 5.90. The Hall–Kier alpha value is -3.85. The Kier molecular flexibility index (Phi) is 9.59. The molecule has 0 bridgehead atoms. The fourth-order valence-electron chi connectivity index (χ4n) is 4.64. The number of amides is 3. The van der Waals surface area contributed by atoms with Gasteiger partial charge >= 0.3 is 12.2 Å². The number of carbonyl (C=O) groups excluding carboxylic acids is 2. The number of nitrogens with zero attached hydrogens (tertiary/aromatic N) is 3. The van der Waals surface area contributed by atoms with Crippen molar-refractivity contribution in [2.75, 3.05) is 44.6 Å². The summed E-state index contributed by atoms with van der Waals surface area (Å²) in [6, 6.07) is 23.9. The number of piperazine rings is 1. The van der Waals surface area contributed by atoms with Crippen LogP contribution in [0.3, 0.4) is 0 Å². The summed E-state index contributed by atoms with van der Waals surface area (Å²) < 4.78 is 40.4. The number of anilines is 1. The molecule has 1 aliphatic rings. The highest BCUT2D eigenvalue weighted by Gasteiger charge is 2.34. The van der Waals surface area contributed by atoms with Crippen LogP contribution in [-0.2, 0) is 23.9 Å². The summed E-state index contributed by atoms with van der Waals surface area (Å²) in [7, 11) is 0. The number of halogens is 3. The van der Waals surface area contributed by atoms with Gasteiger partial charge in [-0.25, -0.2) is 4.79 Å². The van der Waals surface area contributed by atoms with Crippen LogP contribution in [0, 0.1) is 0 Å². The molecule has 1 aliphatic heterocycles. The number of urea groups is 1. The van der Waals surface area contributed by atoms with Crippen molar-refractivity contribution in [3.8, 4) is 0 Å². The van der Waals surface area contributed by atoms with E-state index < -0.39 is 17.8 Å². The lowest BCUT2D eigenvalue weighted by Crippen LogP contribution is -2.49. The van der Waals surface area contributed by atoms with Crippen LogP contribution >= 0.6 is 0 Å². The number of alkyl halides is 3. The predicted octanol–water partition coefficient (Wildman–Crippen LogP) is 5.52. The summed E-state index contributed by atoms with van der Waals surface area (Å²) >= 11 is 0. The highest BCUT2D eigenvalue weighted by atomic mass is 19.4. The first-order valence-electron chi connectivity index (χ1n) is 13.1. The fourth-order valence-corrected chi connectivity index (χ4v) is 4.64. The molecule has 1 saturated heterocycles. The summed E-state index contributed by atoms with van der Waals surface area (Å²) in [5.41, 5.74) is 1.00. The van der Waals surface area contributed by atoms with Crippen LogP contribution in [0.5, 0.6) is 0 Å². The molecule has 0 saturated carbocycles. The zero-order valence-electron chi connectivity index (χ0n) is 21.7. The van der Waals surface area contributed by atoms with Gasteiger partial charge in [0.25, 0.3) is 0 Å². The van der Waals surface area contributed by atoms with Gasteiger partial charge < -0.3 is 15.1 Å². The molecule has 1 fully saturated rings. The molecule has 3 aromatic carbocycles. The Balaban J connectivity index is 1.35. The van der Waals surface area contributed by atoms with Gasteiger partial charge in [0.15, 0.2) is 0 Å². The van der Waals surface area contributed by atoms with Crippen LogP contribution in [0.15, 0.2) is 84.9 Å². The Morgan fingerprint density at radius 3 is 2.00 bits per heavy atom. The molecule has 3 aromatic rings.